The SMILES string of the molecule is [2H]C([2H])(C(C)(C)C)C12CC3CC(CC(C3)C1)C2.[2H]C([2H])(C1C2CC3CC(C2)CC1C3)C(C)(C)C.[2H]C([2H])(C1C2CCCCC2C2CCCCC21)C(C)(C)C.[2H]C([2H])(C1C2CCCCC2CC2CCCCC21)C(C)(C)C.[2H]C([2H])(C1CC2C3CCC(C3)C2C1)C(C)(C)C.[2H]C([2H])(C1CC2CCCC3CCCC1C32)C(C)(C)C.[2H]C([2H])(C1CCC23CCCCC2(CCCC3)C1)C(C)(C)C.[2H]C([2H])(C1CCC2C3CCC(C3)C2C1)C(C)(C)C. The molecule has 0 aliphatic heterocycles. The van der Waals surface area contributed by atoms with Gasteiger partial charge in [0.2, 0.25) is 0 Å². The Morgan fingerprint density at radius 1 is 0.194 bits per heavy atom. The van der Waals surface area contributed by atoms with E-state index in [2.05, 4.69) is 166 Å². The minimum atomic E-state index is -1.02. The molecule has 0 aromatic heterocycles. The van der Waals surface area contributed by atoms with Gasteiger partial charge in [-0.2, -0.15) is 0 Å². The highest BCUT2D eigenvalue weighted by Crippen LogP contribution is 2.71. The van der Waals surface area contributed by atoms with Crippen molar-refractivity contribution in [3.05, 3.63) is 0 Å². The van der Waals surface area contributed by atoms with Crippen molar-refractivity contribution in [2.24, 2.45) is 261 Å². The van der Waals surface area contributed by atoms with E-state index in [1.807, 2.05) is 0 Å². The maximum atomic E-state index is 8.98. The van der Waals surface area contributed by atoms with Gasteiger partial charge in [0.05, 0.1) is 0 Å². The second-order valence-electron chi connectivity index (χ2n) is 63.1. The van der Waals surface area contributed by atoms with Crippen LogP contribution in [0.15, 0.2) is 0 Å². The molecule has 0 amide bonds. The van der Waals surface area contributed by atoms with Crippen LogP contribution in [0, 0.1) is 261 Å². The molecule has 26 aliphatic rings. The Balaban J connectivity index is 0.000000117. The summed E-state index contributed by atoms with van der Waals surface area (Å²) in [4.78, 5) is 0. The maximum absolute atomic E-state index is 8.98. The predicted octanol–water partition coefficient (Wildman–Crippen LogP) is 41.9. The van der Waals surface area contributed by atoms with Crippen LogP contribution in [0.3, 0.4) is 0 Å². The molecule has 0 spiro atoms. The van der Waals surface area contributed by atoms with Gasteiger partial charge in [0.25, 0.3) is 0 Å². The molecule has 26 saturated carbocycles. The first-order chi connectivity index (χ1) is 69.3. The highest BCUT2D eigenvalue weighted by atomic mass is 14.7. The Morgan fingerprint density at radius 3 is 0.993 bits per heavy atom. The quantitative estimate of drug-likeness (QED) is 0.227. The lowest BCUT2D eigenvalue weighted by atomic mass is 9.43. The van der Waals surface area contributed by atoms with E-state index in [1.165, 1.54) is 353 Å². The molecule has 0 heteroatoms. The average Bonchev–Trinajstić information content (AvgIpc) is 1.59. The number of hydrogen-bond acceptors (Lipinski definition) is 0. The summed E-state index contributed by atoms with van der Waals surface area (Å²) in [6.07, 6.45) is 68.7. The summed E-state index contributed by atoms with van der Waals surface area (Å²) in [6, 6.07) is 0. The molecule has 0 aromatic rings. The second-order valence-corrected chi connectivity index (χ2v) is 63.1. The molecule has 134 heavy (non-hydrogen) atoms. The third-order valence-electron chi connectivity index (χ3n) is 43.8. The highest BCUT2D eigenvalue weighted by Gasteiger charge is 2.60. The van der Waals surface area contributed by atoms with Gasteiger partial charge in [-0.3, -0.25) is 0 Å². The van der Waals surface area contributed by atoms with Gasteiger partial charge in [0.15, 0.2) is 0 Å². The van der Waals surface area contributed by atoms with Gasteiger partial charge >= 0.3 is 0 Å². The Hall–Kier alpha value is 0. The van der Waals surface area contributed by atoms with E-state index in [0.29, 0.717) is 87.8 Å². The van der Waals surface area contributed by atoms with E-state index in [1.54, 1.807) is 0 Å². The summed E-state index contributed by atoms with van der Waals surface area (Å²) in [7, 11) is 0. The van der Waals surface area contributed by atoms with Crippen LogP contribution < -0.4 is 0 Å². The molecule has 26 rings (SSSR count). The monoisotopic (exact) mass is 1860 g/mol. The van der Waals surface area contributed by atoms with Crippen molar-refractivity contribution in [3.63, 3.8) is 0 Å². The van der Waals surface area contributed by atoms with Crippen molar-refractivity contribution in [1.82, 2.24) is 0 Å². The molecule has 0 nitrogen and oxygen atoms in total. The lowest BCUT2D eigenvalue weighted by molar-refractivity contribution is -0.111. The molecule has 12 bridgehead atoms. The summed E-state index contributed by atoms with van der Waals surface area (Å²) in [6.45, 7) is 50.2. The molecule has 0 radical (unpaired) electrons. The van der Waals surface area contributed by atoms with Gasteiger partial charge in [-0.1, -0.05) is 295 Å². The van der Waals surface area contributed by atoms with Crippen molar-refractivity contribution in [2.75, 3.05) is 0 Å². The standard InChI is InChI=1S/2C19H34.C18H32.C17H30.C16H28.3C15H26/c1-17(2,3)14-16-8-13-18-9-4-6-11-19(18,15-16)12-7-5-10-18;1-19(2,3)13-18-16-10-6-4-8-14(16)12-15-9-5-7-11-17(15)18;1-18(2,3)12-17-15-10-6-4-8-13(15)14-9-5-7-11-16(14)17;1-17(2,3)11-14-10-13-8-4-6-12-7-5-9-15(14)16(12)13;1-16(2,3)10-11-4-7-14-12-5-6-13(9-12)15(14)8-11;1-14(2,3)10-15-7-11-4-12(8-15)6-13(5-11)9-15;1-15(2,3)9-14-12-5-10-4-11(7-12)8-13(14)6-10;1-15(2,3)9-10-6-13-11-4-5-12(8-11)14(13)7-10/h16H,4-15H2,1-3H3;14-18H,4-13H2,1-3H3;13-17H,4-12H2,1-3H3;12-16H,4-11H2,1-3H3;11-15H,4-10H2,1-3H3;11-13H,4-10H2,1-3H3;2*10-14H,4-9H2,1-3H3/i14D2;13D2;12D2;11D2;2*10D2;2*9D2. The zero-order valence-electron chi connectivity index (χ0n) is 109. The fraction of sp³-hybridized carbons (Fsp3) is 1.00. The minimum Gasteiger partial charge on any atom is -0.0602 e. The first-order valence-corrected chi connectivity index (χ1v) is 61.3. The van der Waals surface area contributed by atoms with Crippen molar-refractivity contribution >= 4 is 0 Å². The van der Waals surface area contributed by atoms with Gasteiger partial charge in [-0.05, 0) is 549 Å². The lowest BCUT2D eigenvalue weighted by Crippen LogP contribution is -2.51. The second kappa shape index (κ2) is 42.7. The van der Waals surface area contributed by atoms with Crippen molar-refractivity contribution in [1.29, 1.82) is 0 Å². The Bertz CT molecular complexity index is 4230. The average molecular weight is 1860 g/mol. The summed E-state index contributed by atoms with van der Waals surface area (Å²) in [5, 5.41) is 0. The molecule has 26 aliphatic carbocycles. The van der Waals surface area contributed by atoms with Gasteiger partial charge < -0.3 is 0 Å². The van der Waals surface area contributed by atoms with Crippen molar-refractivity contribution in [2.45, 2.75) is 583 Å². The smallest absolute Gasteiger partial charge is 0.0278 e. The van der Waals surface area contributed by atoms with Gasteiger partial charge in [-0.15, -0.1) is 0 Å². The predicted molar refractivity (Wildman–Crippen MR) is 582 cm³/mol. The van der Waals surface area contributed by atoms with Crippen molar-refractivity contribution in [3.8, 4) is 0 Å². The molecular formula is C134H236. The normalized spacial score (nSPS) is 48.7. The largest absolute Gasteiger partial charge is 0.0602 e. The first-order valence-electron chi connectivity index (χ1n) is 69.3. The summed E-state index contributed by atoms with van der Waals surface area (Å²) >= 11 is 0. The fourth-order valence-electron chi connectivity index (χ4n) is 41.3. The third kappa shape index (κ3) is 26.4. The van der Waals surface area contributed by atoms with Gasteiger partial charge in [0, 0.05) is 21.9 Å². The van der Waals surface area contributed by atoms with Crippen molar-refractivity contribution < 1.29 is 21.9 Å². The minimum absolute atomic E-state index is 0.0139. The van der Waals surface area contributed by atoms with Crippen LogP contribution in [0.2, 0.25) is 0 Å². The number of rotatable bonds is 8. The number of fused-ring (bicyclic) bond motifs is 15. The van der Waals surface area contributed by atoms with E-state index in [0.717, 1.165) is 131 Å². The summed E-state index contributed by atoms with van der Waals surface area (Å²) in [5.41, 5.74) is -0.678. The van der Waals surface area contributed by atoms with Crippen LogP contribution in [-0.4, -0.2) is 0 Å². The van der Waals surface area contributed by atoms with Crippen LogP contribution in [-0.2, 0) is 0 Å². The van der Waals surface area contributed by atoms with E-state index in [4.69, 9.17) is 21.9 Å². The molecule has 772 valence electrons. The third-order valence-corrected chi connectivity index (χ3v) is 43.8. The van der Waals surface area contributed by atoms with E-state index >= 15 is 0 Å². The van der Waals surface area contributed by atoms with Crippen LogP contribution >= 0.6 is 0 Å². The Kier molecular flexibility index (Phi) is 27.4. The van der Waals surface area contributed by atoms with E-state index in [9.17, 15) is 0 Å². The first kappa shape index (κ1) is 86.0. The number of hydrogen-bond donors (Lipinski definition) is 0. The van der Waals surface area contributed by atoms with Gasteiger partial charge in [-0.25, -0.2) is 0 Å². The van der Waals surface area contributed by atoms with Crippen LogP contribution in [0.1, 0.15) is 605 Å². The van der Waals surface area contributed by atoms with Crippen LogP contribution in [0.25, 0.3) is 0 Å². The molecule has 0 aromatic carbocycles. The molecular weight excluding hydrogens is 1610 g/mol. The lowest BCUT2D eigenvalue weighted by Gasteiger charge is -2.62. The topological polar surface area (TPSA) is 0 Å². The van der Waals surface area contributed by atoms with E-state index in [-0.39, 0.29) is 54.7 Å². The molecule has 0 saturated heterocycles. The fourth-order valence-corrected chi connectivity index (χ4v) is 41.3. The molecule has 26 fully saturated rings. The molecule has 23 unspecified atom stereocenters. The zero-order valence-corrected chi connectivity index (χ0v) is 93.4. The maximum Gasteiger partial charge on any atom is 0.0278 e. The Labute approximate surface area is 861 Å². The van der Waals surface area contributed by atoms with Crippen LogP contribution in [0.5, 0.6) is 0 Å². The van der Waals surface area contributed by atoms with Crippen LogP contribution in [0.4, 0.5) is 0 Å². The Morgan fingerprint density at radius 2 is 0.537 bits per heavy atom. The zero-order chi connectivity index (χ0) is 109. The molecule has 23 atom stereocenters. The highest BCUT2D eigenvalue weighted by molar-refractivity contribution is 5.11. The molecule has 0 heterocycles. The van der Waals surface area contributed by atoms with E-state index < -0.39 is 51.0 Å². The summed E-state index contributed by atoms with van der Waals surface area (Å²) < 4.78 is 139. The summed E-state index contributed by atoms with van der Waals surface area (Å²) in [5.74, 6) is 25.0. The molecule has 0 N–H and O–H groups in total. The van der Waals surface area contributed by atoms with Gasteiger partial charge in [0.1, 0.15) is 0 Å².